The van der Waals surface area contributed by atoms with Gasteiger partial charge in [-0.2, -0.15) is 0 Å². The topological polar surface area (TPSA) is 252 Å². The summed E-state index contributed by atoms with van der Waals surface area (Å²) in [7, 11) is 0. The normalized spacial score (nSPS) is 21.8. The van der Waals surface area contributed by atoms with E-state index in [-0.39, 0.29) is 57.2 Å². The van der Waals surface area contributed by atoms with Crippen molar-refractivity contribution in [3.05, 3.63) is 122 Å². The van der Waals surface area contributed by atoms with Gasteiger partial charge in [0.15, 0.2) is 17.7 Å². The monoisotopic (exact) mass is 780 g/mol. The lowest BCUT2D eigenvalue weighted by molar-refractivity contribution is -0.379. The Labute approximate surface area is 327 Å². The van der Waals surface area contributed by atoms with Crippen LogP contribution in [-0.2, 0) is 22.6 Å². The van der Waals surface area contributed by atoms with E-state index in [4.69, 9.17) is 25.7 Å². The quantitative estimate of drug-likeness (QED) is 0.0439. The van der Waals surface area contributed by atoms with Gasteiger partial charge >= 0.3 is 5.97 Å². The fourth-order valence-corrected chi connectivity index (χ4v) is 8.03. The van der Waals surface area contributed by atoms with Crippen molar-refractivity contribution in [2.24, 2.45) is 17.4 Å². The highest BCUT2D eigenvalue weighted by Gasteiger charge is 2.57. The molecule has 4 aromatic rings. The Balaban J connectivity index is 1.41. The van der Waals surface area contributed by atoms with E-state index in [0.29, 0.717) is 24.0 Å². The third-order valence-electron chi connectivity index (χ3n) is 10.9. The average Bonchev–Trinajstić information content (AvgIpc) is 3.73. The molecule has 3 aliphatic rings. The molecule has 0 amide bonds. The molecule has 2 aliphatic carbocycles. The molecule has 298 valence electrons. The highest BCUT2D eigenvalue weighted by atomic mass is 16.7. The maximum Gasteiger partial charge on any atom is 0.308 e. The molecule has 7 rings (SSSR count). The number of phenols is 1. The van der Waals surface area contributed by atoms with E-state index in [9.17, 15) is 45.0 Å². The number of ether oxygens (including phenoxy) is 3. The molecule has 14 heteroatoms. The van der Waals surface area contributed by atoms with Gasteiger partial charge in [-0.1, -0.05) is 73.5 Å². The molecule has 10 N–H and O–H groups in total. The molecule has 0 radical (unpaired) electrons. The number of carbonyl (C=O) groups excluding carboxylic acids is 3. The summed E-state index contributed by atoms with van der Waals surface area (Å²) < 4.78 is 17.8. The van der Waals surface area contributed by atoms with Crippen LogP contribution in [0.1, 0.15) is 104 Å². The average molecular weight is 781 g/mol. The third-order valence-corrected chi connectivity index (χ3v) is 10.9. The van der Waals surface area contributed by atoms with E-state index < -0.39 is 72.0 Å². The molecule has 4 unspecified atom stereocenters. The van der Waals surface area contributed by atoms with Crippen LogP contribution in [0, 0.1) is 5.92 Å². The van der Waals surface area contributed by atoms with Crippen LogP contribution < -0.4 is 20.9 Å². The van der Waals surface area contributed by atoms with Crippen molar-refractivity contribution in [1.29, 1.82) is 0 Å². The molecule has 57 heavy (non-hydrogen) atoms. The number of aromatic hydroxyl groups is 1. The number of esters is 1. The fraction of sp³-hybridized carbons (Fsp3) is 0.326. The summed E-state index contributed by atoms with van der Waals surface area (Å²) in [4.78, 5) is 41.7. The largest absolute Gasteiger partial charge is 0.507 e. The molecule has 4 aromatic carbocycles. The Morgan fingerprint density at radius 2 is 1.63 bits per heavy atom. The van der Waals surface area contributed by atoms with Crippen LogP contribution in [0.3, 0.4) is 0 Å². The first-order chi connectivity index (χ1) is 27.2. The zero-order valence-electron chi connectivity index (χ0n) is 31.0. The number of hydrogen-bond donors (Lipinski definition) is 8. The predicted octanol–water partition coefficient (Wildman–Crippen LogP) is 2.96. The van der Waals surface area contributed by atoms with Crippen LogP contribution in [0.2, 0.25) is 0 Å². The number of rotatable bonds is 10. The maximum absolute atomic E-state index is 14.8. The minimum absolute atomic E-state index is 0.0366. The number of ketones is 2. The van der Waals surface area contributed by atoms with Crippen LogP contribution in [-0.4, -0.2) is 78.6 Å². The summed E-state index contributed by atoms with van der Waals surface area (Å²) in [6.45, 7) is 0.431. The zero-order valence-corrected chi connectivity index (χ0v) is 31.0. The van der Waals surface area contributed by atoms with Gasteiger partial charge in [-0.25, -0.2) is 0 Å². The predicted molar refractivity (Wildman–Crippen MR) is 205 cm³/mol. The molecule has 0 bridgehead atoms. The minimum atomic E-state index is -3.07. The van der Waals surface area contributed by atoms with Gasteiger partial charge in [0.05, 0.1) is 24.4 Å². The minimum Gasteiger partial charge on any atom is -0.507 e. The standard InChI is InChI=1S/C43H44N2O12/c1-21(47)55-30-18-26(20-46)32-33(27(30)15-14-22-8-3-2-4-9-22)36(49)29-19-31(56-42-40(52)43(53,54)39(51)38(57-42)24-11-5-6-12-24)28(35(48)34(29)37(32)50)17-23-10-7-13-25(16-23)41(44)45/h2-4,7-10,13-16,18-19,24,38-42,46,48,51-54H,5-6,11-12,17,20,44-45H2,1H3. The van der Waals surface area contributed by atoms with E-state index in [1.54, 1.807) is 54.6 Å². The smallest absolute Gasteiger partial charge is 0.308 e. The van der Waals surface area contributed by atoms with Crippen molar-refractivity contribution in [2.75, 3.05) is 0 Å². The second kappa shape index (κ2) is 15.9. The molecule has 1 saturated heterocycles. The fourth-order valence-electron chi connectivity index (χ4n) is 8.03. The van der Waals surface area contributed by atoms with E-state index in [0.717, 1.165) is 25.3 Å². The Morgan fingerprint density at radius 3 is 2.30 bits per heavy atom. The summed E-state index contributed by atoms with van der Waals surface area (Å²) >= 11 is 0. The van der Waals surface area contributed by atoms with Gasteiger partial charge in [0, 0.05) is 41.2 Å². The van der Waals surface area contributed by atoms with E-state index >= 15 is 0 Å². The van der Waals surface area contributed by atoms with Gasteiger partial charge in [0.2, 0.25) is 12.1 Å². The summed E-state index contributed by atoms with van der Waals surface area (Å²) in [5.74, 6) is -6.75. The van der Waals surface area contributed by atoms with Gasteiger partial charge < -0.3 is 56.3 Å². The van der Waals surface area contributed by atoms with Gasteiger partial charge in [-0.05, 0) is 59.2 Å². The molecule has 1 heterocycles. The molecule has 1 saturated carbocycles. The number of carbonyl (C=O) groups is 3. The number of phenolic OH excluding ortho intramolecular Hbond substituents is 1. The molecule has 1 aliphatic heterocycles. The van der Waals surface area contributed by atoms with Gasteiger partial charge in [-0.15, -0.1) is 0 Å². The molecule has 2 fully saturated rings. The van der Waals surface area contributed by atoms with Crippen LogP contribution in [0.4, 0.5) is 0 Å². The number of fused-ring (bicyclic) bond motifs is 2. The first-order valence-electron chi connectivity index (χ1n) is 18.6. The second-order valence-corrected chi connectivity index (χ2v) is 14.7. The van der Waals surface area contributed by atoms with Crippen molar-refractivity contribution >= 4 is 29.7 Å². The number of hydrogen-bond acceptors (Lipinski definition) is 14. The third kappa shape index (κ3) is 7.49. The van der Waals surface area contributed by atoms with Crippen molar-refractivity contribution in [3.8, 4) is 17.2 Å². The lowest BCUT2D eigenvalue weighted by atomic mass is 9.77. The van der Waals surface area contributed by atoms with E-state index in [2.05, 4.69) is 0 Å². The Bertz CT molecular complexity index is 2250. The second-order valence-electron chi connectivity index (χ2n) is 14.7. The summed E-state index contributed by atoms with van der Waals surface area (Å²) in [5.41, 5.74) is 12.5. The lowest BCUT2D eigenvalue weighted by Gasteiger charge is -2.46. The number of aliphatic hydroxyl groups is 5. The van der Waals surface area contributed by atoms with Crippen LogP contribution in [0.25, 0.3) is 12.2 Å². The maximum atomic E-state index is 14.8. The molecule has 0 aromatic heterocycles. The number of nitrogens with two attached hydrogens (primary N) is 2. The molecular formula is C43H44N2O12. The van der Waals surface area contributed by atoms with Crippen LogP contribution in [0.15, 0.2) is 66.7 Å². The first-order valence-corrected chi connectivity index (χ1v) is 18.6. The lowest BCUT2D eigenvalue weighted by Crippen LogP contribution is -2.68. The number of benzene rings is 4. The Hall–Kier alpha value is -5.29. The zero-order chi connectivity index (χ0) is 40.8. The van der Waals surface area contributed by atoms with Crippen LogP contribution >= 0.6 is 0 Å². The number of aliphatic hydroxyl groups excluding tert-OH is 3. The first kappa shape index (κ1) is 39.9. The summed E-state index contributed by atoms with van der Waals surface area (Å²) in [5, 5.41) is 66.6. The molecule has 4 atom stereocenters. The SMILES string of the molecule is CC(=O)Oc1cc(CO)c2c(c1C=Cc1ccccc1)C(=O)c1cc(OC3OC(C4CCCC4)C(O)C(O)(O)C3O)c(Cc3cccc(C(N)N)c3)c(O)c1C2=O. The van der Waals surface area contributed by atoms with Gasteiger partial charge in [0.25, 0.3) is 0 Å². The Kier molecular flexibility index (Phi) is 11.2. The molecular weight excluding hydrogens is 736 g/mol. The van der Waals surface area contributed by atoms with Gasteiger partial charge in [0.1, 0.15) is 23.4 Å². The molecule has 0 spiro atoms. The van der Waals surface area contributed by atoms with Crippen molar-refractivity contribution < 1.29 is 59.2 Å². The summed E-state index contributed by atoms with van der Waals surface area (Å²) in [6, 6.07) is 18.3. The highest BCUT2D eigenvalue weighted by molar-refractivity contribution is 6.31. The van der Waals surface area contributed by atoms with Crippen molar-refractivity contribution in [3.63, 3.8) is 0 Å². The Morgan fingerprint density at radius 1 is 0.912 bits per heavy atom. The van der Waals surface area contributed by atoms with E-state index in [1.165, 1.54) is 18.2 Å². The highest BCUT2D eigenvalue weighted by Crippen LogP contribution is 2.46. The summed E-state index contributed by atoms with van der Waals surface area (Å²) in [6.07, 6.45) is -2.07. The molecule has 14 nitrogen and oxygen atoms in total. The van der Waals surface area contributed by atoms with Crippen LogP contribution in [0.5, 0.6) is 17.2 Å². The van der Waals surface area contributed by atoms with E-state index in [1.807, 2.05) is 6.07 Å². The van der Waals surface area contributed by atoms with Crippen molar-refractivity contribution in [1.82, 2.24) is 0 Å². The van der Waals surface area contributed by atoms with Gasteiger partial charge in [-0.3, -0.25) is 14.4 Å². The van der Waals surface area contributed by atoms with Crippen molar-refractivity contribution in [2.45, 2.75) is 82.2 Å².